The van der Waals surface area contributed by atoms with Gasteiger partial charge in [0.1, 0.15) is 5.82 Å². The van der Waals surface area contributed by atoms with Crippen LogP contribution in [0.5, 0.6) is 0 Å². The molecule has 1 heterocycles. The molecular weight excluding hydrogens is 276 g/mol. The number of hydrogen-bond donors (Lipinski definition) is 0. The number of aromatic nitrogens is 1. The lowest BCUT2D eigenvalue weighted by Crippen LogP contribution is -2.23. The minimum atomic E-state index is -0.324. The van der Waals surface area contributed by atoms with Gasteiger partial charge in [0.2, 0.25) is 0 Å². The van der Waals surface area contributed by atoms with E-state index in [1.807, 2.05) is 6.07 Å². The van der Waals surface area contributed by atoms with Crippen molar-refractivity contribution in [3.05, 3.63) is 59.3 Å². The van der Waals surface area contributed by atoms with E-state index in [0.29, 0.717) is 18.2 Å². The third-order valence-corrected chi connectivity index (χ3v) is 4.19. The maximum atomic E-state index is 11.7. The van der Waals surface area contributed by atoms with Crippen molar-refractivity contribution in [1.29, 1.82) is 0 Å². The SMILES string of the molecule is CCOC(=O)c1ccc(N(C)C2CCc3ccccc32)nc1. The van der Waals surface area contributed by atoms with Gasteiger partial charge in [-0.3, -0.25) is 0 Å². The highest BCUT2D eigenvalue weighted by atomic mass is 16.5. The summed E-state index contributed by atoms with van der Waals surface area (Å²) in [5.74, 6) is 0.546. The van der Waals surface area contributed by atoms with E-state index in [-0.39, 0.29) is 5.97 Å². The van der Waals surface area contributed by atoms with Crippen LogP contribution in [-0.2, 0) is 11.2 Å². The van der Waals surface area contributed by atoms with Crippen LogP contribution in [0.15, 0.2) is 42.6 Å². The van der Waals surface area contributed by atoms with E-state index < -0.39 is 0 Å². The first-order valence-corrected chi connectivity index (χ1v) is 7.64. The number of anilines is 1. The molecule has 1 unspecified atom stereocenters. The summed E-state index contributed by atoms with van der Waals surface area (Å²) in [6.07, 6.45) is 3.79. The Balaban J connectivity index is 1.79. The minimum absolute atomic E-state index is 0.324. The zero-order valence-corrected chi connectivity index (χ0v) is 13.0. The maximum absolute atomic E-state index is 11.7. The first-order valence-electron chi connectivity index (χ1n) is 7.64. The molecule has 1 aliphatic rings. The normalized spacial score (nSPS) is 16.2. The monoisotopic (exact) mass is 296 g/mol. The van der Waals surface area contributed by atoms with Crippen LogP contribution in [0.25, 0.3) is 0 Å². The second kappa shape index (κ2) is 6.18. The van der Waals surface area contributed by atoms with Gasteiger partial charge in [-0.2, -0.15) is 0 Å². The average molecular weight is 296 g/mol. The Morgan fingerprint density at radius 1 is 1.32 bits per heavy atom. The number of esters is 1. The number of aryl methyl sites for hydroxylation is 1. The van der Waals surface area contributed by atoms with Crippen molar-refractivity contribution in [2.24, 2.45) is 0 Å². The zero-order chi connectivity index (χ0) is 15.5. The van der Waals surface area contributed by atoms with Crippen LogP contribution in [0, 0.1) is 0 Å². The summed E-state index contributed by atoms with van der Waals surface area (Å²) >= 11 is 0. The fraction of sp³-hybridized carbons (Fsp3) is 0.333. The summed E-state index contributed by atoms with van der Waals surface area (Å²) in [5.41, 5.74) is 3.29. The molecule has 1 atom stereocenters. The highest BCUT2D eigenvalue weighted by Crippen LogP contribution is 2.36. The maximum Gasteiger partial charge on any atom is 0.339 e. The van der Waals surface area contributed by atoms with Crippen LogP contribution in [0.1, 0.15) is 40.9 Å². The quantitative estimate of drug-likeness (QED) is 0.811. The largest absolute Gasteiger partial charge is 0.462 e. The predicted molar refractivity (Wildman–Crippen MR) is 86.1 cm³/mol. The fourth-order valence-electron chi connectivity index (χ4n) is 3.03. The lowest BCUT2D eigenvalue weighted by atomic mass is 10.1. The number of fused-ring (bicyclic) bond motifs is 1. The van der Waals surface area contributed by atoms with E-state index in [4.69, 9.17) is 4.74 Å². The molecule has 0 spiro atoms. The van der Waals surface area contributed by atoms with Gasteiger partial charge >= 0.3 is 5.97 Å². The molecule has 22 heavy (non-hydrogen) atoms. The molecule has 1 aromatic carbocycles. The van der Waals surface area contributed by atoms with Gasteiger partial charge in [0.15, 0.2) is 0 Å². The number of carbonyl (C=O) groups is 1. The number of nitrogens with zero attached hydrogens (tertiary/aromatic N) is 2. The molecule has 0 fully saturated rings. The highest BCUT2D eigenvalue weighted by Gasteiger charge is 2.26. The Labute approximate surface area is 130 Å². The summed E-state index contributed by atoms with van der Waals surface area (Å²) in [7, 11) is 2.05. The molecule has 0 radical (unpaired) electrons. The Bertz CT molecular complexity index is 667. The van der Waals surface area contributed by atoms with Crippen molar-refractivity contribution >= 4 is 11.8 Å². The number of benzene rings is 1. The van der Waals surface area contributed by atoms with E-state index >= 15 is 0 Å². The van der Waals surface area contributed by atoms with Crippen molar-refractivity contribution in [3.63, 3.8) is 0 Å². The third kappa shape index (κ3) is 2.69. The van der Waals surface area contributed by atoms with Crippen molar-refractivity contribution in [1.82, 2.24) is 4.98 Å². The summed E-state index contributed by atoms with van der Waals surface area (Å²) in [6.45, 7) is 2.17. The lowest BCUT2D eigenvalue weighted by Gasteiger charge is -2.26. The van der Waals surface area contributed by atoms with Gasteiger partial charge in [0, 0.05) is 13.2 Å². The van der Waals surface area contributed by atoms with Crippen LogP contribution in [0.4, 0.5) is 5.82 Å². The standard InChI is InChI=1S/C18H20N2O2/c1-3-22-18(21)14-9-11-17(19-12-14)20(2)16-10-8-13-6-4-5-7-15(13)16/h4-7,9,11-12,16H,3,8,10H2,1-2H3. The Morgan fingerprint density at radius 3 is 2.86 bits per heavy atom. The van der Waals surface area contributed by atoms with E-state index in [9.17, 15) is 4.79 Å². The summed E-state index contributed by atoms with van der Waals surface area (Å²) in [5, 5.41) is 0. The number of hydrogen-bond acceptors (Lipinski definition) is 4. The molecule has 0 bridgehead atoms. The van der Waals surface area contributed by atoms with Crippen molar-refractivity contribution in [2.75, 3.05) is 18.6 Å². The van der Waals surface area contributed by atoms with Gasteiger partial charge in [-0.15, -0.1) is 0 Å². The van der Waals surface area contributed by atoms with Crippen molar-refractivity contribution in [3.8, 4) is 0 Å². The Hall–Kier alpha value is -2.36. The number of rotatable bonds is 4. The molecule has 0 amide bonds. The first-order chi connectivity index (χ1) is 10.7. The second-order valence-corrected chi connectivity index (χ2v) is 5.49. The fourth-order valence-corrected chi connectivity index (χ4v) is 3.03. The van der Waals surface area contributed by atoms with Crippen LogP contribution < -0.4 is 4.90 Å². The molecule has 0 aliphatic heterocycles. The van der Waals surface area contributed by atoms with E-state index in [1.54, 1.807) is 19.2 Å². The Kier molecular flexibility index (Phi) is 4.09. The molecule has 0 N–H and O–H groups in total. The topological polar surface area (TPSA) is 42.4 Å². The number of pyridine rings is 1. The molecule has 0 saturated carbocycles. The van der Waals surface area contributed by atoms with Gasteiger partial charge in [-0.1, -0.05) is 24.3 Å². The molecule has 2 aromatic rings. The van der Waals surface area contributed by atoms with Crippen molar-refractivity contribution in [2.45, 2.75) is 25.8 Å². The van der Waals surface area contributed by atoms with Crippen molar-refractivity contribution < 1.29 is 9.53 Å². The molecule has 0 saturated heterocycles. The summed E-state index contributed by atoms with van der Waals surface area (Å²) in [6, 6.07) is 12.6. The van der Waals surface area contributed by atoms with E-state index in [0.717, 1.165) is 18.7 Å². The Morgan fingerprint density at radius 2 is 2.14 bits per heavy atom. The van der Waals surface area contributed by atoms with E-state index in [1.165, 1.54) is 11.1 Å². The number of ether oxygens (including phenoxy) is 1. The third-order valence-electron chi connectivity index (χ3n) is 4.19. The molecule has 114 valence electrons. The van der Waals surface area contributed by atoms with Gasteiger partial charge in [-0.05, 0) is 43.0 Å². The van der Waals surface area contributed by atoms with Crippen LogP contribution in [-0.4, -0.2) is 24.6 Å². The summed E-state index contributed by atoms with van der Waals surface area (Å²) < 4.78 is 4.98. The van der Waals surface area contributed by atoms with Gasteiger partial charge in [0.25, 0.3) is 0 Å². The molecule has 4 nitrogen and oxygen atoms in total. The van der Waals surface area contributed by atoms with Gasteiger partial charge in [-0.25, -0.2) is 9.78 Å². The van der Waals surface area contributed by atoms with Crippen LogP contribution in [0.3, 0.4) is 0 Å². The predicted octanol–water partition coefficient (Wildman–Crippen LogP) is 3.38. The molecule has 1 aromatic heterocycles. The molecule has 4 heteroatoms. The molecular formula is C18H20N2O2. The summed E-state index contributed by atoms with van der Waals surface area (Å²) in [4.78, 5) is 18.3. The van der Waals surface area contributed by atoms with Crippen LogP contribution in [0.2, 0.25) is 0 Å². The van der Waals surface area contributed by atoms with Gasteiger partial charge in [0.05, 0.1) is 18.2 Å². The van der Waals surface area contributed by atoms with E-state index in [2.05, 4.69) is 41.2 Å². The highest BCUT2D eigenvalue weighted by molar-refractivity contribution is 5.89. The number of carbonyl (C=O) groups excluding carboxylic acids is 1. The smallest absolute Gasteiger partial charge is 0.339 e. The van der Waals surface area contributed by atoms with Crippen LogP contribution >= 0.6 is 0 Å². The van der Waals surface area contributed by atoms with Gasteiger partial charge < -0.3 is 9.64 Å². The first kappa shape index (κ1) is 14.6. The lowest BCUT2D eigenvalue weighted by molar-refractivity contribution is 0.0526. The average Bonchev–Trinajstić information content (AvgIpc) is 2.98. The molecule has 3 rings (SSSR count). The second-order valence-electron chi connectivity index (χ2n) is 5.49. The zero-order valence-electron chi connectivity index (χ0n) is 13.0. The molecule has 1 aliphatic carbocycles. The minimum Gasteiger partial charge on any atom is -0.462 e.